The number of aliphatic hydroxyl groups is 1. The Balaban J connectivity index is 1.53. The molecule has 1 aromatic rings. The first kappa shape index (κ1) is 21.2. The van der Waals surface area contributed by atoms with Crippen molar-refractivity contribution in [2.24, 2.45) is 17.3 Å². The normalized spacial score (nSPS) is 37.0. The molecule has 2 saturated carbocycles. The maximum absolute atomic E-state index is 12.2. The lowest BCUT2D eigenvalue weighted by atomic mass is 9.51. The molecule has 4 aliphatic carbocycles. The second-order valence-electron chi connectivity index (χ2n) is 11.3. The number of likely N-dealkylation sites (N-methyl/N-ethyl adjacent to an activating group) is 1. The Morgan fingerprint density at radius 2 is 2.00 bits per heavy atom. The van der Waals surface area contributed by atoms with Crippen molar-refractivity contribution in [2.75, 3.05) is 18.5 Å². The molecule has 1 heterocycles. The summed E-state index contributed by atoms with van der Waals surface area (Å²) in [6, 6.07) is 7.09. The van der Waals surface area contributed by atoms with Crippen LogP contribution >= 0.6 is 0 Å². The van der Waals surface area contributed by atoms with Gasteiger partial charge in [-0.3, -0.25) is 4.79 Å². The molecular weight excluding hydrogens is 406 g/mol. The number of benzene rings is 1. The molecule has 172 valence electrons. The molecule has 0 amide bonds. The molecule has 0 spiro atoms. The number of ketones is 1. The number of nitrogens with zero attached hydrogens (tertiary/aromatic N) is 1. The van der Waals surface area contributed by atoms with Crippen molar-refractivity contribution >= 4 is 11.5 Å². The predicted molar refractivity (Wildman–Crippen MR) is 132 cm³/mol. The number of allylic oxidation sites excluding steroid dienone is 4. The van der Waals surface area contributed by atoms with Crippen molar-refractivity contribution in [1.82, 2.24) is 0 Å². The van der Waals surface area contributed by atoms with Crippen LogP contribution in [0.3, 0.4) is 0 Å². The second kappa shape index (κ2) is 7.34. The van der Waals surface area contributed by atoms with E-state index in [2.05, 4.69) is 48.9 Å². The lowest BCUT2D eigenvalue weighted by Gasteiger charge is -2.53. The molecular formula is C30H35NO2. The van der Waals surface area contributed by atoms with Gasteiger partial charge in [0.2, 0.25) is 0 Å². The zero-order valence-electron chi connectivity index (χ0n) is 20.2. The van der Waals surface area contributed by atoms with Gasteiger partial charge >= 0.3 is 0 Å². The first-order valence-electron chi connectivity index (χ1n) is 12.8. The van der Waals surface area contributed by atoms with E-state index < -0.39 is 5.60 Å². The smallest absolute Gasteiger partial charge is 0.156 e. The van der Waals surface area contributed by atoms with Crippen molar-refractivity contribution in [3.63, 3.8) is 0 Å². The molecule has 0 radical (unpaired) electrons. The van der Waals surface area contributed by atoms with Gasteiger partial charge in [-0.15, -0.1) is 5.92 Å². The monoisotopic (exact) mass is 441 g/mol. The average molecular weight is 442 g/mol. The minimum absolute atomic E-state index is 0.211. The Morgan fingerprint density at radius 3 is 2.82 bits per heavy atom. The summed E-state index contributed by atoms with van der Waals surface area (Å²) in [6.07, 6.45) is 9.44. The Hall–Kier alpha value is -2.31. The largest absolute Gasteiger partial charge is 0.377 e. The van der Waals surface area contributed by atoms with Crippen LogP contribution in [0.5, 0.6) is 0 Å². The fourth-order valence-electron chi connectivity index (χ4n) is 8.18. The highest BCUT2D eigenvalue weighted by molar-refractivity contribution is 5.93. The van der Waals surface area contributed by atoms with Crippen LogP contribution in [0.1, 0.15) is 75.8 Å². The summed E-state index contributed by atoms with van der Waals surface area (Å²) in [5, 5.41) is 11.8. The standard InChI is InChI=1S/C30H35NO2/c1-4-13-30(33)14-11-26-24-8-5-20-17-22(32)7-9-23(20)28(24)25(18-29(26,30)2)19-6-10-27-21(16-19)12-15-31(27)3/h6,10,16-17,24-26,33H,5,7-9,11-12,14-15,18H2,1-3H3/t24-,25+,26-,29-,30-/m0/s1. The Kier molecular flexibility index (Phi) is 4.73. The van der Waals surface area contributed by atoms with Gasteiger partial charge in [0.15, 0.2) is 5.78 Å². The zero-order valence-corrected chi connectivity index (χ0v) is 20.2. The molecule has 2 fully saturated rings. The number of fused-ring (bicyclic) bond motifs is 5. The van der Waals surface area contributed by atoms with E-state index >= 15 is 0 Å². The first-order chi connectivity index (χ1) is 15.8. The van der Waals surface area contributed by atoms with Gasteiger partial charge in [0.25, 0.3) is 0 Å². The van der Waals surface area contributed by atoms with E-state index in [1.165, 1.54) is 28.0 Å². The summed E-state index contributed by atoms with van der Waals surface area (Å²) in [5.74, 6) is 7.85. The van der Waals surface area contributed by atoms with Crippen LogP contribution in [0.4, 0.5) is 5.69 Å². The second-order valence-corrected chi connectivity index (χ2v) is 11.3. The van der Waals surface area contributed by atoms with Crippen LogP contribution in [0, 0.1) is 29.1 Å². The highest BCUT2D eigenvalue weighted by Gasteiger charge is 2.62. The number of carbonyl (C=O) groups is 1. The van der Waals surface area contributed by atoms with E-state index in [9.17, 15) is 9.90 Å². The van der Waals surface area contributed by atoms with E-state index in [0.29, 0.717) is 30.0 Å². The van der Waals surface area contributed by atoms with Gasteiger partial charge in [-0.25, -0.2) is 0 Å². The average Bonchev–Trinajstić information content (AvgIpc) is 3.29. The molecule has 6 rings (SSSR count). The topological polar surface area (TPSA) is 40.5 Å². The molecule has 1 aromatic carbocycles. The molecule has 0 saturated heterocycles. The fourth-order valence-corrected chi connectivity index (χ4v) is 8.18. The van der Waals surface area contributed by atoms with Gasteiger partial charge in [-0.05, 0) is 98.1 Å². The number of rotatable bonds is 1. The third kappa shape index (κ3) is 2.96. The van der Waals surface area contributed by atoms with Gasteiger partial charge in [-0.1, -0.05) is 30.6 Å². The van der Waals surface area contributed by atoms with E-state index in [4.69, 9.17) is 0 Å². The quantitative estimate of drug-likeness (QED) is 0.599. The molecule has 3 nitrogen and oxygen atoms in total. The van der Waals surface area contributed by atoms with Gasteiger partial charge in [-0.2, -0.15) is 0 Å². The van der Waals surface area contributed by atoms with E-state index in [0.717, 1.165) is 51.5 Å². The Morgan fingerprint density at radius 1 is 1.15 bits per heavy atom. The van der Waals surface area contributed by atoms with Crippen LogP contribution in [0.25, 0.3) is 0 Å². The Bertz CT molecular complexity index is 1160. The summed E-state index contributed by atoms with van der Waals surface area (Å²) in [7, 11) is 2.18. The molecule has 33 heavy (non-hydrogen) atoms. The number of carbonyl (C=O) groups excluding carboxylic acids is 1. The van der Waals surface area contributed by atoms with Gasteiger partial charge in [0, 0.05) is 37.0 Å². The van der Waals surface area contributed by atoms with Crippen molar-refractivity contribution in [1.29, 1.82) is 0 Å². The summed E-state index contributed by atoms with van der Waals surface area (Å²) in [4.78, 5) is 14.6. The maximum Gasteiger partial charge on any atom is 0.156 e. The van der Waals surface area contributed by atoms with E-state index in [-0.39, 0.29) is 5.41 Å². The summed E-state index contributed by atoms with van der Waals surface area (Å²) in [6.45, 7) is 5.26. The molecule has 0 unspecified atom stereocenters. The highest BCUT2D eigenvalue weighted by Crippen LogP contribution is 2.66. The maximum atomic E-state index is 12.2. The van der Waals surface area contributed by atoms with Crippen LogP contribution in [0.2, 0.25) is 0 Å². The van der Waals surface area contributed by atoms with Crippen molar-refractivity contribution < 1.29 is 9.90 Å². The minimum Gasteiger partial charge on any atom is -0.377 e. The SMILES string of the molecule is CC#C[C@]1(O)CC[C@H]2[C@@H]3CCC4=CC(=O)CCC4=C3[C@@H](c3ccc4c(c3)CCN4C)C[C@@]21C. The zero-order chi connectivity index (χ0) is 23.0. The molecule has 1 aliphatic heterocycles. The molecule has 3 heteroatoms. The number of hydrogen-bond acceptors (Lipinski definition) is 3. The van der Waals surface area contributed by atoms with Gasteiger partial charge < -0.3 is 10.0 Å². The molecule has 0 aromatic heterocycles. The Labute approximate surface area is 197 Å². The van der Waals surface area contributed by atoms with Crippen molar-refractivity contribution in [3.8, 4) is 11.8 Å². The fraction of sp³-hybridized carbons (Fsp3) is 0.567. The first-order valence-corrected chi connectivity index (χ1v) is 12.8. The summed E-state index contributed by atoms with van der Waals surface area (Å²) in [5.41, 5.74) is 7.46. The van der Waals surface area contributed by atoms with Gasteiger partial charge in [0.05, 0.1) is 0 Å². The molecule has 0 bridgehead atoms. The van der Waals surface area contributed by atoms with Crippen LogP contribution in [-0.2, 0) is 11.2 Å². The highest BCUT2D eigenvalue weighted by atomic mass is 16.3. The number of hydrogen-bond donors (Lipinski definition) is 1. The van der Waals surface area contributed by atoms with Gasteiger partial charge in [0.1, 0.15) is 5.60 Å². The van der Waals surface area contributed by atoms with Crippen molar-refractivity contribution in [2.45, 2.75) is 76.7 Å². The third-order valence-corrected chi connectivity index (χ3v) is 9.85. The lowest BCUT2D eigenvalue weighted by molar-refractivity contribution is -0.114. The number of anilines is 1. The molecule has 5 aliphatic rings. The predicted octanol–water partition coefficient (Wildman–Crippen LogP) is 5.33. The van der Waals surface area contributed by atoms with E-state index in [1.54, 1.807) is 5.57 Å². The lowest BCUT2D eigenvalue weighted by Crippen LogP contribution is -2.51. The van der Waals surface area contributed by atoms with Crippen LogP contribution in [0.15, 0.2) is 41.0 Å². The molecule has 1 N–H and O–H groups in total. The van der Waals surface area contributed by atoms with Crippen LogP contribution < -0.4 is 4.90 Å². The molecule has 5 atom stereocenters. The van der Waals surface area contributed by atoms with E-state index in [1.807, 2.05) is 13.0 Å². The van der Waals surface area contributed by atoms with Crippen LogP contribution in [-0.4, -0.2) is 30.1 Å². The van der Waals surface area contributed by atoms with Crippen molar-refractivity contribution in [3.05, 3.63) is 52.1 Å². The minimum atomic E-state index is -0.906. The summed E-state index contributed by atoms with van der Waals surface area (Å²) < 4.78 is 0. The third-order valence-electron chi connectivity index (χ3n) is 9.85. The summed E-state index contributed by atoms with van der Waals surface area (Å²) >= 11 is 0.